The third-order valence-electron chi connectivity index (χ3n) is 2.65. The Hall–Kier alpha value is -0.260. The van der Waals surface area contributed by atoms with Crippen LogP contribution < -0.4 is 0 Å². The van der Waals surface area contributed by atoms with Crippen molar-refractivity contribution < 1.29 is 0 Å². The van der Waals surface area contributed by atoms with Gasteiger partial charge in [0.25, 0.3) is 0 Å². The molecule has 0 amide bonds. The Kier molecular flexibility index (Phi) is 6.11. The smallest absolute Gasteiger partial charge is 0.0145 e. The van der Waals surface area contributed by atoms with Crippen LogP contribution >= 0.6 is 0 Å². The van der Waals surface area contributed by atoms with Crippen molar-refractivity contribution in [2.75, 3.05) is 0 Å². The molecule has 0 radical (unpaired) electrons. The molecule has 0 unspecified atom stereocenters. The van der Waals surface area contributed by atoms with Gasteiger partial charge in [0.15, 0.2) is 0 Å². The Morgan fingerprint density at radius 2 is 1.77 bits per heavy atom. The Balaban J connectivity index is 0.000000424. The maximum absolute atomic E-state index is 2.43. The molecule has 0 bridgehead atoms. The van der Waals surface area contributed by atoms with Crippen molar-refractivity contribution in [3.05, 3.63) is 11.6 Å². The summed E-state index contributed by atoms with van der Waals surface area (Å²) < 4.78 is 0. The first kappa shape index (κ1) is 12.7. The zero-order chi connectivity index (χ0) is 10.3. The maximum Gasteiger partial charge on any atom is -0.0145 e. The molecule has 0 saturated carbocycles. The van der Waals surface area contributed by atoms with Gasteiger partial charge in [-0.05, 0) is 31.1 Å². The molecule has 0 heterocycles. The summed E-state index contributed by atoms with van der Waals surface area (Å²) in [5.74, 6) is 0. The fourth-order valence-corrected chi connectivity index (χ4v) is 1.88. The van der Waals surface area contributed by atoms with E-state index < -0.39 is 0 Å². The molecule has 0 atom stereocenters. The van der Waals surface area contributed by atoms with E-state index in [9.17, 15) is 0 Å². The minimum atomic E-state index is 0.507. The molecule has 0 saturated heterocycles. The molecule has 78 valence electrons. The molecular formula is C13H26. The zero-order valence-electron chi connectivity index (χ0n) is 10.1. The zero-order valence-corrected chi connectivity index (χ0v) is 10.1. The van der Waals surface area contributed by atoms with E-state index in [1.807, 2.05) is 0 Å². The number of hydrogen-bond acceptors (Lipinski definition) is 0. The van der Waals surface area contributed by atoms with Crippen LogP contribution in [0.15, 0.2) is 11.6 Å². The average Bonchev–Trinajstić information content (AvgIpc) is 2.05. The van der Waals surface area contributed by atoms with Gasteiger partial charge in [-0.25, -0.2) is 0 Å². The van der Waals surface area contributed by atoms with Crippen LogP contribution in [0, 0.1) is 5.41 Å². The number of rotatable bonds is 1. The molecule has 0 heteroatoms. The van der Waals surface area contributed by atoms with E-state index in [4.69, 9.17) is 0 Å². The molecule has 0 aromatic carbocycles. The highest BCUT2D eigenvalue weighted by Gasteiger charge is 2.23. The Morgan fingerprint density at radius 1 is 1.23 bits per heavy atom. The third kappa shape index (κ3) is 4.50. The van der Waals surface area contributed by atoms with E-state index >= 15 is 0 Å². The predicted octanol–water partition coefficient (Wildman–Crippen LogP) is 4.95. The van der Waals surface area contributed by atoms with Gasteiger partial charge in [0.05, 0.1) is 0 Å². The van der Waals surface area contributed by atoms with Gasteiger partial charge in [-0.15, -0.1) is 0 Å². The molecule has 0 aromatic rings. The summed E-state index contributed by atoms with van der Waals surface area (Å²) in [5.41, 5.74) is 2.17. The van der Waals surface area contributed by atoms with Gasteiger partial charge in [0, 0.05) is 0 Å². The van der Waals surface area contributed by atoms with Gasteiger partial charge >= 0.3 is 0 Å². The van der Waals surface area contributed by atoms with Gasteiger partial charge < -0.3 is 0 Å². The van der Waals surface area contributed by atoms with E-state index in [0.717, 1.165) is 0 Å². The van der Waals surface area contributed by atoms with Crippen LogP contribution in [-0.2, 0) is 0 Å². The minimum absolute atomic E-state index is 0.507. The number of allylic oxidation sites excluding steroid dienone is 2. The summed E-state index contributed by atoms with van der Waals surface area (Å²) in [6.07, 6.45) is 9.01. The van der Waals surface area contributed by atoms with Crippen LogP contribution in [0.3, 0.4) is 0 Å². The summed E-state index contributed by atoms with van der Waals surface area (Å²) >= 11 is 0. The monoisotopic (exact) mass is 182 g/mol. The maximum atomic E-state index is 2.43. The average molecular weight is 182 g/mol. The lowest BCUT2D eigenvalue weighted by Crippen LogP contribution is -2.17. The summed E-state index contributed by atoms with van der Waals surface area (Å²) in [5, 5.41) is 0. The van der Waals surface area contributed by atoms with Crippen LogP contribution in [0.2, 0.25) is 0 Å². The van der Waals surface area contributed by atoms with Crippen molar-refractivity contribution in [3.8, 4) is 0 Å². The quantitative estimate of drug-likeness (QED) is 0.503. The van der Waals surface area contributed by atoms with Crippen molar-refractivity contribution in [2.24, 2.45) is 5.41 Å². The molecule has 1 aliphatic rings. The Labute approximate surface area is 84.4 Å². The lowest BCUT2D eigenvalue weighted by molar-refractivity contribution is 0.366. The lowest BCUT2D eigenvalue weighted by Gasteiger charge is -2.31. The second kappa shape index (κ2) is 6.23. The fourth-order valence-electron chi connectivity index (χ4n) is 1.88. The molecular weight excluding hydrogens is 156 g/mol. The second-order valence-electron chi connectivity index (χ2n) is 4.57. The highest BCUT2D eigenvalue weighted by atomic mass is 14.3. The van der Waals surface area contributed by atoms with E-state index in [0.29, 0.717) is 5.41 Å². The van der Waals surface area contributed by atoms with Crippen molar-refractivity contribution in [1.29, 1.82) is 0 Å². The van der Waals surface area contributed by atoms with Gasteiger partial charge in [0.2, 0.25) is 0 Å². The molecule has 0 aliphatic heterocycles. The first-order valence-corrected chi connectivity index (χ1v) is 5.78. The first-order valence-electron chi connectivity index (χ1n) is 5.78. The normalized spacial score (nSPS) is 19.9. The van der Waals surface area contributed by atoms with Crippen molar-refractivity contribution in [2.45, 2.75) is 66.7 Å². The molecule has 0 fully saturated rings. The summed E-state index contributed by atoms with van der Waals surface area (Å²) in [6.45, 7) is 11.2. The Bertz CT molecular complexity index is 151. The van der Waals surface area contributed by atoms with Gasteiger partial charge in [-0.3, -0.25) is 0 Å². The standard InChI is InChI=1S/C10H18.C3H8/c1-4-9-7-5-6-8-10(9,2)3;1-3-2/h7H,4-6,8H2,1-3H3;3H2,1-2H3. The lowest BCUT2D eigenvalue weighted by atomic mass is 9.75. The predicted molar refractivity (Wildman–Crippen MR) is 62.0 cm³/mol. The summed E-state index contributed by atoms with van der Waals surface area (Å²) in [7, 11) is 0. The molecule has 0 N–H and O–H groups in total. The van der Waals surface area contributed by atoms with Gasteiger partial charge in [-0.2, -0.15) is 0 Å². The molecule has 0 nitrogen and oxygen atoms in total. The molecule has 13 heavy (non-hydrogen) atoms. The van der Waals surface area contributed by atoms with Crippen molar-refractivity contribution in [1.82, 2.24) is 0 Å². The molecule has 1 rings (SSSR count). The van der Waals surface area contributed by atoms with Crippen molar-refractivity contribution in [3.63, 3.8) is 0 Å². The first-order chi connectivity index (χ1) is 6.08. The topological polar surface area (TPSA) is 0 Å². The van der Waals surface area contributed by atoms with Gasteiger partial charge in [0.1, 0.15) is 0 Å². The van der Waals surface area contributed by atoms with Gasteiger partial charge in [-0.1, -0.05) is 52.7 Å². The third-order valence-corrected chi connectivity index (χ3v) is 2.65. The summed E-state index contributed by atoms with van der Waals surface area (Å²) in [4.78, 5) is 0. The van der Waals surface area contributed by atoms with Crippen LogP contribution in [-0.4, -0.2) is 0 Å². The molecule has 0 aromatic heterocycles. The van der Waals surface area contributed by atoms with Crippen molar-refractivity contribution >= 4 is 0 Å². The van der Waals surface area contributed by atoms with E-state index in [1.54, 1.807) is 5.57 Å². The molecule has 1 aliphatic carbocycles. The molecule has 0 spiro atoms. The fraction of sp³-hybridized carbons (Fsp3) is 0.846. The minimum Gasteiger partial charge on any atom is -0.0848 e. The van der Waals surface area contributed by atoms with Crippen LogP contribution in [0.1, 0.15) is 66.7 Å². The van der Waals surface area contributed by atoms with E-state index in [2.05, 4.69) is 40.7 Å². The number of hydrogen-bond donors (Lipinski definition) is 0. The Morgan fingerprint density at radius 3 is 2.08 bits per heavy atom. The SMILES string of the molecule is CCC.CCC1=CCCCC1(C)C. The van der Waals surface area contributed by atoms with E-state index in [-0.39, 0.29) is 0 Å². The van der Waals surface area contributed by atoms with Crippen LogP contribution in [0.5, 0.6) is 0 Å². The largest absolute Gasteiger partial charge is 0.0848 e. The van der Waals surface area contributed by atoms with Crippen LogP contribution in [0.25, 0.3) is 0 Å². The summed E-state index contributed by atoms with van der Waals surface area (Å²) in [6, 6.07) is 0. The second-order valence-corrected chi connectivity index (χ2v) is 4.57. The highest BCUT2D eigenvalue weighted by Crippen LogP contribution is 2.37. The van der Waals surface area contributed by atoms with E-state index in [1.165, 1.54) is 32.1 Å². The highest BCUT2D eigenvalue weighted by molar-refractivity contribution is 5.14. The van der Waals surface area contributed by atoms with Crippen LogP contribution in [0.4, 0.5) is 0 Å².